The summed E-state index contributed by atoms with van der Waals surface area (Å²) in [4.78, 5) is 4.55. The highest BCUT2D eigenvalue weighted by Crippen LogP contribution is 2.27. The van der Waals surface area contributed by atoms with Crippen LogP contribution in [0, 0.1) is 6.92 Å². The van der Waals surface area contributed by atoms with Crippen LogP contribution in [0.15, 0.2) is 12.1 Å². The number of ether oxygens (including phenoxy) is 1. The van der Waals surface area contributed by atoms with Gasteiger partial charge in [0.2, 0.25) is 0 Å². The second kappa shape index (κ2) is 7.15. The number of pyridine rings is 1. The standard InChI is InChI=1S/C15H24N2OS/c1-11-8-14(18-2)9-13(17-11)10-16-12-4-6-15(19-3)7-5-12/h8-9,12,15-16H,4-7,10H2,1-3H3. The summed E-state index contributed by atoms with van der Waals surface area (Å²) in [6, 6.07) is 4.64. The van der Waals surface area contributed by atoms with E-state index in [1.54, 1.807) is 7.11 Å². The van der Waals surface area contributed by atoms with Crippen LogP contribution < -0.4 is 10.1 Å². The summed E-state index contributed by atoms with van der Waals surface area (Å²) in [7, 11) is 1.70. The van der Waals surface area contributed by atoms with Crippen LogP contribution in [0.3, 0.4) is 0 Å². The molecular formula is C15H24N2OS. The Labute approximate surface area is 120 Å². The molecule has 1 saturated carbocycles. The van der Waals surface area contributed by atoms with Crippen molar-refractivity contribution in [2.45, 2.75) is 50.4 Å². The Bertz CT molecular complexity index is 403. The Morgan fingerprint density at radius 2 is 2.05 bits per heavy atom. The van der Waals surface area contributed by atoms with Gasteiger partial charge < -0.3 is 10.1 Å². The van der Waals surface area contributed by atoms with Crippen LogP contribution in [0.25, 0.3) is 0 Å². The highest BCUT2D eigenvalue weighted by Gasteiger charge is 2.19. The van der Waals surface area contributed by atoms with Crippen molar-refractivity contribution in [2.75, 3.05) is 13.4 Å². The van der Waals surface area contributed by atoms with E-state index in [1.165, 1.54) is 25.7 Å². The van der Waals surface area contributed by atoms with Crippen LogP contribution >= 0.6 is 11.8 Å². The fraction of sp³-hybridized carbons (Fsp3) is 0.667. The van der Waals surface area contributed by atoms with Gasteiger partial charge in [0.25, 0.3) is 0 Å². The summed E-state index contributed by atoms with van der Waals surface area (Å²) in [5.41, 5.74) is 2.09. The molecule has 106 valence electrons. The zero-order chi connectivity index (χ0) is 13.7. The predicted octanol–water partition coefficient (Wildman–Crippen LogP) is 3.16. The molecule has 0 radical (unpaired) electrons. The maximum Gasteiger partial charge on any atom is 0.122 e. The summed E-state index contributed by atoms with van der Waals surface area (Å²) in [5, 5.41) is 4.50. The van der Waals surface area contributed by atoms with E-state index in [4.69, 9.17) is 4.74 Å². The van der Waals surface area contributed by atoms with Gasteiger partial charge in [0, 0.05) is 35.7 Å². The molecule has 1 N–H and O–H groups in total. The lowest BCUT2D eigenvalue weighted by Crippen LogP contribution is -2.33. The Kier molecular flexibility index (Phi) is 5.52. The van der Waals surface area contributed by atoms with Gasteiger partial charge >= 0.3 is 0 Å². The smallest absolute Gasteiger partial charge is 0.122 e. The summed E-state index contributed by atoms with van der Waals surface area (Å²) in [6.07, 6.45) is 7.47. The van der Waals surface area contributed by atoms with Crippen LogP contribution in [0.4, 0.5) is 0 Å². The van der Waals surface area contributed by atoms with E-state index in [9.17, 15) is 0 Å². The molecule has 0 unspecified atom stereocenters. The zero-order valence-electron chi connectivity index (χ0n) is 12.1. The molecule has 1 heterocycles. The molecule has 4 heteroatoms. The first-order valence-corrected chi connectivity index (χ1v) is 8.27. The van der Waals surface area contributed by atoms with Crippen molar-refractivity contribution in [3.63, 3.8) is 0 Å². The van der Waals surface area contributed by atoms with Crippen LogP contribution in [0.5, 0.6) is 5.75 Å². The van der Waals surface area contributed by atoms with E-state index < -0.39 is 0 Å². The molecular weight excluding hydrogens is 256 g/mol. The Balaban J connectivity index is 1.84. The molecule has 0 spiro atoms. The molecule has 0 saturated heterocycles. The van der Waals surface area contributed by atoms with Crippen molar-refractivity contribution in [1.29, 1.82) is 0 Å². The van der Waals surface area contributed by atoms with Gasteiger partial charge in [0.1, 0.15) is 5.75 Å². The van der Waals surface area contributed by atoms with Gasteiger partial charge in [-0.25, -0.2) is 0 Å². The van der Waals surface area contributed by atoms with Gasteiger partial charge in [0.05, 0.1) is 12.8 Å². The predicted molar refractivity (Wildman–Crippen MR) is 81.9 cm³/mol. The molecule has 1 aliphatic carbocycles. The quantitative estimate of drug-likeness (QED) is 0.898. The van der Waals surface area contributed by atoms with E-state index >= 15 is 0 Å². The summed E-state index contributed by atoms with van der Waals surface area (Å²) < 4.78 is 5.29. The molecule has 0 atom stereocenters. The van der Waals surface area contributed by atoms with Crippen molar-refractivity contribution in [1.82, 2.24) is 10.3 Å². The fourth-order valence-corrected chi connectivity index (χ4v) is 3.41. The lowest BCUT2D eigenvalue weighted by Gasteiger charge is -2.28. The molecule has 3 nitrogen and oxygen atoms in total. The monoisotopic (exact) mass is 280 g/mol. The second-order valence-electron chi connectivity index (χ2n) is 5.23. The maximum atomic E-state index is 5.29. The normalized spacial score (nSPS) is 23.3. The molecule has 0 amide bonds. The largest absolute Gasteiger partial charge is 0.497 e. The van der Waals surface area contributed by atoms with Crippen molar-refractivity contribution in [2.24, 2.45) is 0 Å². The first-order valence-electron chi connectivity index (χ1n) is 6.99. The number of methoxy groups -OCH3 is 1. The van der Waals surface area contributed by atoms with E-state index in [0.717, 1.165) is 28.9 Å². The van der Waals surface area contributed by atoms with Gasteiger partial charge in [-0.05, 0) is 38.9 Å². The number of hydrogen-bond acceptors (Lipinski definition) is 4. The topological polar surface area (TPSA) is 34.1 Å². The molecule has 1 fully saturated rings. The van der Waals surface area contributed by atoms with Gasteiger partial charge in [-0.1, -0.05) is 0 Å². The third-order valence-electron chi connectivity index (χ3n) is 3.80. The number of nitrogens with zero attached hydrogens (tertiary/aromatic N) is 1. The Hall–Kier alpha value is -0.740. The average molecular weight is 280 g/mol. The van der Waals surface area contributed by atoms with E-state index in [1.807, 2.05) is 30.8 Å². The molecule has 0 bridgehead atoms. The average Bonchev–Trinajstić information content (AvgIpc) is 2.45. The van der Waals surface area contributed by atoms with Crippen molar-refractivity contribution < 1.29 is 4.74 Å². The van der Waals surface area contributed by atoms with Crippen molar-refractivity contribution in [3.8, 4) is 5.75 Å². The van der Waals surface area contributed by atoms with Crippen LogP contribution in [-0.4, -0.2) is 29.6 Å². The molecule has 19 heavy (non-hydrogen) atoms. The Morgan fingerprint density at radius 3 is 2.68 bits per heavy atom. The van der Waals surface area contributed by atoms with Crippen LogP contribution in [0.2, 0.25) is 0 Å². The second-order valence-corrected chi connectivity index (χ2v) is 6.37. The minimum absolute atomic E-state index is 0.650. The van der Waals surface area contributed by atoms with Gasteiger partial charge in [-0.15, -0.1) is 0 Å². The number of aryl methyl sites for hydroxylation is 1. The summed E-state index contributed by atoms with van der Waals surface area (Å²) in [5.74, 6) is 0.899. The summed E-state index contributed by atoms with van der Waals surface area (Å²) >= 11 is 2.01. The lowest BCUT2D eigenvalue weighted by molar-refractivity contribution is 0.376. The van der Waals surface area contributed by atoms with E-state index in [2.05, 4.69) is 16.6 Å². The van der Waals surface area contributed by atoms with Gasteiger partial charge in [-0.2, -0.15) is 11.8 Å². The fourth-order valence-electron chi connectivity index (χ4n) is 2.66. The van der Waals surface area contributed by atoms with E-state index in [0.29, 0.717) is 6.04 Å². The maximum absolute atomic E-state index is 5.29. The third kappa shape index (κ3) is 4.39. The highest BCUT2D eigenvalue weighted by atomic mass is 32.2. The molecule has 0 aliphatic heterocycles. The first kappa shape index (κ1) is 14.7. The minimum Gasteiger partial charge on any atom is -0.497 e. The molecule has 0 aromatic carbocycles. The highest BCUT2D eigenvalue weighted by molar-refractivity contribution is 7.99. The molecule has 1 aromatic heterocycles. The Morgan fingerprint density at radius 1 is 1.32 bits per heavy atom. The van der Waals surface area contributed by atoms with Gasteiger partial charge in [-0.3, -0.25) is 4.98 Å². The number of nitrogens with one attached hydrogen (secondary N) is 1. The number of rotatable bonds is 5. The summed E-state index contributed by atoms with van der Waals surface area (Å²) in [6.45, 7) is 2.85. The van der Waals surface area contributed by atoms with E-state index in [-0.39, 0.29) is 0 Å². The van der Waals surface area contributed by atoms with Crippen molar-refractivity contribution in [3.05, 3.63) is 23.5 Å². The third-order valence-corrected chi connectivity index (χ3v) is 4.93. The van der Waals surface area contributed by atoms with Gasteiger partial charge in [0.15, 0.2) is 0 Å². The molecule has 1 aromatic rings. The first-order chi connectivity index (χ1) is 9.21. The van der Waals surface area contributed by atoms with Crippen LogP contribution in [0.1, 0.15) is 37.1 Å². The van der Waals surface area contributed by atoms with Crippen molar-refractivity contribution >= 4 is 11.8 Å². The number of aromatic nitrogens is 1. The van der Waals surface area contributed by atoms with Crippen LogP contribution in [-0.2, 0) is 6.54 Å². The minimum atomic E-state index is 0.650. The number of thioether (sulfide) groups is 1. The molecule has 1 aliphatic rings. The SMILES string of the molecule is COc1cc(C)nc(CNC2CCC(SC)CC2)c1. The molecule has 2 rings (SSSR count). The lowest BCUT2D eigenvalue weighted by atomic mass is 9.95. The zero-order valence-corrected chi connectivity index (χ0v) is 12.9. The number of hydrogen-bond donors (Lipinski definition) is 1.